The summed E-state index contributed by atoms with van der Waals surface area (Å²) in [6.45, 7) is 2.48. The minimum atomic E-state index is 0.0707. The fourth-order valence-electron chi connectivity index (χ4n) is 3.42. The Kier molecular flexibility index (Phi) is 4.47. The quantitative estimate of drug-likeness (QED) is 0.838. The molecule has 5 nitrogen and oxygen atoms in total. The van der Waals surface area contributed by atoms with Gasteiger partial charge in [-0.05, 0) is 37.1 Å². The zero-order valence-electron chi connectivity index (χ0n) is 13.7. The highest BCUT2D eigenvalue weighted by Gasteiger charge is 2.37. The van der Waals surface area contributed by atoms with E-state index in [1.807, 2.05) is 0 Å². The van der Waals surface area contributed by atoms with E-state index in [1.165, 1.54) is 4.88 Å². The maximum atomic E-state index is 13.2. The smallest absolute Gasteiger partial charge is 0.228 e. The van der Waals surface area contributed by atoms with Crippen molar-refractivity contribution in [2.24, 2.45) is 5.92 Å². The molecule has 0 spiro atoms. The molecule has 1 atom stereocenters. The van der Waals surface area contributed by atoms with Crippen molar-refractivity contribution < 1.29 is 4.79 Å². The molecule has 2 aromatic heterocycles. The highest BCUT2D eigenvalue weighted by Crippen LogP contribution is 2.32. The number of anilines is 1. The number of hydrogen-bond acceptors (Lipinski definition) is 5. The van der Waals surface area contributed by atoms with E-state index >= 15 is 0 Å². The Balaban J connectivity index is 1.46. The second-order valence-corrected chi connectivity index (χ2v) is 7.66. The Morgan fingerprint density at radius 2 is 2.25 bits per heavy atom. The Labute approximate surface area is 146 Å². The second kappa shape index (κ2) is 6.89. The van der Waals surface area contributed by atoms with Crippen molar-refractivity contribution in [2.45, 2.75) is 38.3 Å². The van der Waals surface area contributed by atoms with Crippen molar-refractivity contribution in [3.05, 3.63) is 41.0 Å². The van der Waals surface area contributed by atoms with Crippen LogP contribution >= 0.6 is 11.3 Å². The second-order valence-electron chi connectivity index (χ2n) is 6.63. The summed E-state index contributed by atoms with van der Waals surface area (Å²) in [6, 6.07) is 4.64. The van der Waals surface area contributed by atoms with Gasteiger partial charge in [-0.15, -0.1) is 11.3 Å². The van der Waals surface area contributed by atoms with Gasteiger partial charge in [0, 0.05) is 36.4 Å². The molecule has 1 saturated carbocycles. The van der Waals surface area contributed by atoms with Crippen LogP contribution in [0.3, 0.4) is 0 Å². The van der Waals surface area contributed by atoms with Crippen LogP contribution in [-0.4, -0.2) is 39.9 Å². The number of hydrogen-bond donors (Lipinski definition) is 0. The first-order chi connectivity index (χ1) is 11.8. The Bertz CT molecular complexity index is 672. The fourth-order valence-corrected chi connectivity index (χ4v) is 4.12. The van der Waals surface area contributed by atoms with E-state index in [0.29, 0.717) is 11.9 Å². The van der Waals surface area contributed by atoms with Crippen LogP contribution in [0.4, 0.5) is 5.82 Å². The Morgan fingerprint density at radius 1 is 1.33 bits per heavy atom. The van der Waals surface area contributed by atoms with E-state index < -0.39 is 0 Å². The van der Waals surface area contributed by atoms with Crippen molar-refractivity contribution in [1.82, 2.24) is 14.9 Å². The van der Waals surface area contributed by atoms with Crippen LogP contribution in [0.15, 0.2) is 36.1 Å². The van der Waals surface area contributed by atoms with Crippen molar-refractivity contribution in [3.63, 3.8) is 0 Å². The van der Waals surface area contributed by atoms with Gasteiger partial charge in [-0.25, -0.2) is 4.98 Å². The van der Waals surface area contributed by atoms with Gasteiger partial charge < -0.3 is 9.80 Å². The molecule has 1 aliphatic carbocycles. The number of carbonyl (C=O) groups is 1. The molecule has 2 fully saturated rings. The molecule has 0 N–H and O–H groups in total. The molecule has 1 aliphatic heterocycles. The van der Waals surface area contributed by atoms with E-state index in [4.69, 9.17) is 0 Å². The Hall–Kier alpha value is -1.95. The predicted octanol–water partition coefficient (Wildman–Crippen LogP) is 2.95. The number of piperidine rings is 1. The summed E-state index contributed by atoms with van der Waals surface area (Å²) in [7, 11) is 0. The molecule has 126 valence electrons. The molecular weight excluding hydrogens is 320 g/mol. The molecule has 0 bridgehead atoms. The maximum Gasteiger partial charge on any atom is 0.228 e. The minimum absolute atomic E-state index is 0.0707. The number of amides is 1. The van der Waals surface area contributed by atoms with E-state index in [1.54, 1.807) is 29.9 Å². The summed E-state index contributed by atoms with van der Waals surface area (Å²) in [5.41, 5.74) is 0. The molecule has 2 aromatic rings. The number of nitrogens with zero attached hydrogens (tertiary/aromatic N) is 4. The molecule has 1 amide bonds. The Morgan fingerprint density at radius 3 is 2.96 bits per heavy atom. The van der Waals surface area contributed by atoms with Gasteiger partial charge in [0.1, 0.15) is 5.82 Å². The van der Waals surface area contributed by atoms with Gasteiger partial charge in [-0.2, -0.15) is 0 Å². The zero-order chi connectivity index (χ0) is 16.4. The number of rotatable bonds is 5. The largest absolute Gasteiger partial charge is 0.355 e. The molecule has 1 saturated heterocycles. The van der Waals surface area contributed by atoms with Crippen LogP contribution in [0.2, 0.25) is 0 Å². The average molecular weight is 342 g/mol. The van der Waals surface area contributed by atoms with Crippen molar-refractivity contribution in [1.29, 1.82) is 0 Å². The monoisotopic (exact) mass is 342 g/mol. The van der Waals surface area contributed by atoms with Crippen molar-refractivity contribution in [3.8, 4) is 0 Å². The lowest BCUT2D eigenvalue weighted by Crippen LogP contribution is -2.45. The van der Waals surface area contributed by atoms with Gasteiger partial charge in [0.25, 0.3) is 0 Å². The van der Waals surface area contributed by atoms with E-state index in [0.717, 1.165) is 51.1 Å². The van der Waals surface area contributed by atoms with Crippen LogP contribution in [0.25, 0.3) is 0 Å². The molecule has 2 aliphatic rings. The summed E-state index contributed by atoms with van der Waals surface area (Å²) in [5.74, 6) is 1.27. The van der Waals surface area contributed by atoms with Gasteiger partial charge >= 0.3 is 0 Å². The molecule has 0 radical (unpaired) electrons. The summed E-state index contributed by atoms with van der Waals surface area (Å²) in [6.07, 6.45) is 9.50. The normalized spacial score (nSPS) is 20.8. The lowest BCUT2D eigenvalue weighted by Gasteiger charge is -2.35. The zero-order valence-corrected chi connectivity index (χ0v) is 14.5. The number of aromatic nitrogens is 2. The average Bonchev–Trinajstić information content (AvgIpc) is 3.36. The van der Waals surface area contributed by atoms with Gasteiger partial charge in [0.2, 0.25) is 5.91 Å². The van der Waals surface area contributed by atoms with E-state index in [9.17, 15) is 4.79 Å². The third-order valence-corrected chi connectivity index (χ3v) is 5.68. The molecule has 1 unspecified atom stereocenters. The van der Waals surface area contributed by atoms with E-state index in [2.05, 4.69) is 37.3 Å². The minimum Gasteiger partial charge on any atom is -0.355 e. The van der Waals surface area contributed by atoms with Crippen LogP contribution in [-0.2, 0) is 11.3 Å². The van der Waals surface area contributed by atoms with Gasteiger partial charge in [-0.3, -0.25) is 9.78 Å². The molecule has 24 heavy (non-hydrogen) atoms. The summed E-state index contributed by atoms with van der Waals surface area (Å²) in [5, 5.41) is 2.08. The first-order valence-corrected chi connectivity index (χ1v) is 9.53. The highest BCUT2D eigenvalue weighted by molar-refractivity contribution is 7.09. The van der Waals surface area contributed by atoms with Gasteiger partial charge in [-0.1, -0.05) is 6.07 Å². The lowest BCUT2D eigenvalue weighted by atomic mass is 9.96. The molecule has 0 aromatic carbocycles. The van der Waals surface area contributed by atoms with Crippen molar-refractivity contribution >= 4 is 23.1 Å². The molecule has 6 heteroatoms. The summed E-state index contributed by atoms with van der Waals surface area (Å²) < 4.78 is 0. The molecule has 3 heterocycles. The first-order valence-electron chi connectivity index (χ1n) is 8.65. The third kappa shape index (κ3) is 3.43. The maximum absolute atomic E-state index is 13.2. The summed E-state index contributed by atoms with van der Waals surface area (Å²) in [4.78, 5) is 27.3. The van der Waals surface area contributed by atoms with E-state index in [-0.39, 0.29) is 5.92 Å². The topological polar surface area (TPSA) is 49.3 Å². The van der Waals surface area contributed by atoms with Crippen LogP contribution in [0, 0.1) is 5.92 Å². The number of thiophene rings is 1. The first kappa shape index (κ1) is 15.6. The number of carbonyl (C=O) groups excluding carboxylic acids is 1. The standard InChI is InChI=1S/C18H22N4OS/c23-18(22(15-5-6-15)13-16-4-2-10-24-16)14-3-1-9-21(12-14)17-11-19-7-8-20-17/h2,4,7-8,10-11,14-15H,1,3,5-6,9,12-13H2. The van der Waals surface area contributed by atoms with Crippen LogP contribution in [0.1, 0.15) is 30.6 Å². The fraction of sp³-hybridized carbons (Fsp3) is 0.500. The van der Waals surface area contributed by atoms with Gasteiger partial charge in [0.15, 0.2) is 0 Å². The van der Waals surface area contributed by atoms with Crippen LogP contribution in [0.5, 0.6) is 0 Å². The molecular formula is C18H22N4OS. The van der Waals surface area contributed by atoms with Gasteiger partial charge in [0.05, 0.1) is 18.7 Å². The SMILES string of the molecule is O=C(C1CCCN(c2cnccn2)C1)N(Cc1cccs1)C1CC1. The summed E-state index contributed by atoms with van der Waals surface area (Å²) >= 11 is 1.74. The van der Waals surface area contributed by atoms with Crippen LogP contribution < -0.4 is 4.90 Å². The predicted molar refractivity (Wildman–Crippen MR) is 94.9 cm³/mol. The lowest BCUT2D eigenvalue weighted by molar-refractivity contribution is -0.137. The third-order valence-electron chi connectivity index (χ3n) is 4.82. The highest BCUT2D eigenvalue weighted by atomic mass is 32.1. The molecule has 4 rings (SSSR count). The van der Waals surface area contributed by atoms with Crippen molar-refractivity contribution in [2.75, 3.05) is 18.0 Å².